The molecule has 1 aliphatic rings. The van der Waals surface area contributed by atoms with E-state index in [1.54, 1.807) is 11.3 Å². The van der Waals surface area contributed by atoms with Crippen LogP contribution in [0.4, 0.5) is 5.13 Å². The number of pyridine rings is 1. The Morgan fingerprint density at radius 2 is 2.32 bits per heavy atom. The van der Waals surface area contributed by atoms with E-state index >= 15 is 0 Å². The predicted molar refractivity (Wildman–Crippen MR) is 92.1 cm³/mol. The summed E-state index contributed by atoms with van der Waals surface area (Å²) in [6.45, 7) is 4.51. The van der Waals surface area contributed by atoms with Crippen molar-refractivity contribution in [2.24, 2.45) is 0 Å². The topological polar surface area (TPSA) is 55.0 Å². The van der Waals surface area contributed by atoms with Crippen LogP contribution in [-0.2, 0) is 19.3 Å². The number of thiazole rings is 1. The van der Waals surface area contributed by atoms with Crippen LogP contribution in [0, 0.1) is 0 Å². The van der Waals surface area contributed by atoms with E-state index < -0.39 is 0 Å². The van der Waals surface area contributed by atoms with E-state index in [1.165, 1.54) is 29.1 Å². The van der Waals surface area contributed by atoms with Crippen molar-refractivity contribution in [3.05, 3.63) is 40.7 Å². The molecule has 2 aromatic rings. The molecule has 5 heteroatoms. The third-order valence-corrected chi connectivity index (χ3v) is 5.41. The summed E-state index contributed by atoms with van der Waals surface area (Å²) in [4.78, 5) is 12.9. The summed E-state index contributed by atoms with van der Waals surface area (Å²) in [5, 5.41) is 0.726. The van der Waals surface area contributed by atoms with Crippen molar-refractivity contribution in [3.8, 4) is 0 Å². The minimum atomic E-state index is 0.640. The molecule has 1 aliphatic carbocycles. The number of nitrogen functional groups attached to an aromatic ring is 1. The van der Waals surface area contributed by atoms with Gasteiger partial charge in [0, 0.05) is 22.8 Å². The van der Waals surface area contributed by atoms with Crippen LogP contribution in [0.2, 0.25) is 0 Å². The maximum absolute atomic E-state index is 5.84. The second-order valence-electron chi connectivity index (χ2n) is 5.87. The molecule has 0 amide bonds. The van der Waals surface area contributed by atoms with Crippen molar-refractivity contribution in [2.75, 3.05) is 18.8 Å². The van der Waals surface area contributed by atoms with Crippen LogP contribution < -0.4 is 5.73 Å². The highest BCUT2D eigenvalue weighted by Gasteiger charge is 2.25. The van der Waals surface area contributed by atoms with Gasteiger partial charge >= 0.3 is 0 Å². The van der Waals surface area contributed by atoms with Gasteiger partial charge in [-0.25, -0.2) is 4.98 Å². The van der Waals surface area contributed by atoms with Gasteiger partial charge in [-0.1, -0.05) is 13.0 Å². The highest BCUT2D eigenvalue weighted by atomic mass is 32.1. The van der Waals surface area contributed by atoms with Crippen LogP contribution in [0.5, 0.6) is 0 Å². The van der Waals surface area contributed by atoms with E-state index in [4.69, 9.17) is 5.73 Å². The molecule has 2 heterocycles. The summed E-state index contributed by atoms with van der Waals surface area (Å²) in [5.41, 5.74) is 8.28. The molecule has 0 radical (unpaired) electrons. The molecule has 3 rings (SSSR count). The molecule has 2 N–H and O–H groups in total. The fraction of sp³-hybridized carbons (Fsp3) is 0.529. The van der Waals surface area contributed by atoms with Gasteiger partial charge in [-0.2, -0.15) is 0 Å². The van der Waals surface area contributed by atoms with Gasteiger partial charge in [0.2, 0.25) is 0 Å². The molecular formula is C17H24N4S. The number of aromatic nitrogens is 2. The van der Waals surface area contributed by atoms with E-state index in [1.807, 2.05) is 12.3 Å². The molecular weight excluding hydrogens is 292 g/mol. The average Bonchev–Trinajstić information content (AvgIpc) is 2.91. The SMILES string of the molecule is CCN(CCCc1ccccn1)C1CCc2nc(N)sc2C1. The minimum Gasteiger partial charge on any atom is -0.375 e. The van der Waals surface area contributed by atoms with E-state index in [0.717, 1.165) is 37.5 Å². The van der Waals surface area contributed by atoms with Crippen LogP contribution in [0.15, 0.2) is 24.4 Å². The monoisotopic (exact) mass is 316 g/mol. The Hall–Kier alpha value is -1.46. The Morgan fingerprint density at radius 1 is 1.41 bits per heavy atom. The molecule has 2 aromatic heterocycles. The quantitative estimate of drug-likeness (QED) is 0.890. The highest BCUT2D eigenvalue weighted by molar-refractivity contribution is 7.15. The first-order valence-electron chi connectivity index (χ1n) is 8.14. The summed E-state index contributed by atoms with van der Waals surface area (Å²) in [5.74, 6) is 0. The van der Waals surface area contributed by atoms with Crippen LogP contribution in [-0.4, -0.2) is 34.0 Å². The molecule has 118 valence electrons. The number of likely N-dealkylation sites (N-methyl/N-ethyl adjacent to an activating group) is 1. The number of fused-ring (bicyclic) bond motifs is 1. The second-order valence-corrected chi connectivity index (χ2v) is 6.99. The van der Waals surface area contributed by atoms with Crippen molar-refractivity contribution < 1.29 is 0 Å². The molecule has 1 unspecified atom stereocenters. The van der Waals surface area contributed by atoms with Crippen LogP contribution in [0.25, 0.3) is 0 Å². The van der Waals surface area contributed by atoms with Crippen LogP contribution in [0.1, 0.15) is 36.0 Å². The second kappa shape index (κ2) is 7.20. The van der Waals surface area contributed by atoms with Crippen LogP contribution in [0.3, 0.4) is 0 Å². The first-order valence-corrected chi connectivity index (χ1v) is 8.96. The standard InChI is InChI=1S/C17H24N4S/c1-2-21(11-5-7-13-6-3-4-10-19-13)14-8-9-15-16(12-14)22-17(18)20-15/h3-4,6,10,14H,2,5,7-9,11-12H2,1H3,(H2,18,20). The van der Waals surface area contributed by atoms with Gasteiger partial charge in [0.25, 0.3) is 0 Å². The van der Waals surface area contributed by atoms with Gasteiger partial charge in [0.1, 0.15) is 0 Å². The molecule has 1 atom stereocenters. The Labute approximate surface area is 136 Å². The maximum atomic E-state index is 5.84. The lowest BCUT2D eigenvalue weighted by atomic mass is 9.96. The largest absolute Gasteiger partial charge is 0.375 e. The molecule has 0 spiro atoms. The first-order chi connectivity index (χ1) is 10.8. The molecule has 4 nitrogen and oxygen atoms in total. The Morgan fingerprint density at radius 3 is 3.09 bits per heavy atom. The summed E-state index contributed by atoms with van der Waals surface area (Å²) in [6, 6.07) is 6.79. The first kappa shape index (κ1) is 15.4. The van der Waals surface area contributed by atoms with Crippen molar-refractivity contribution in [1.29, 1.82) is 0 Å². The lowest BCUT2D eigenvalue weighted by Crippen LogP contribution is -2.39. The van der Waals surface area contributed by atoms with Gasteiger partial charge in [0.05, 0.1) is 5.69 Å². The number of hydrogen-bond donors (Lipinski definition) is 1. The molecule has 22 heavy (non-hydrogen) atoms. The molecule has 0 saturated heterocycles. The number of nitrogens with zero attached hydrogens (tertiary/aromatic N) is 3. The highest BCUT2D eigenvalue weighted by Crippen LogP contribution is 2.30. The fourth-order valence-corrected chi connectivity index (χ4v) is 4.25. The third-order valence-electron chi connectivity index (χ3n) is 4.46. The number of rotatable bonds is 6. The average molecular weight is 316 g/mol. The van der Waals surface area contributed by atoms with Crippen molar-refractivity contribution in [2.45, 2.75) is 45.1 Å². The summed E-state index contributed by atoms with van der Waals surface area (Å²) in [6.07, 6.45) is 7.49. The Balaban J connectivity index is 1.53. The van der Waals surface area contributed by atoms with E-state index in [2.05, 4.69) is 33.9 Å². The predicted octanol–water partition coefficient (Wildman–Crippen LogP) is 2.93. The zero-order valence-corrected chi connectivity index (χ0v) is 14.0. The number of aryl methyl sites for hydroxylation is 2. The zero-order valence-electron chi connectivity index (χ0n) is 13.2. The van der Waals surface area contributed by atoms with Crippen molar-refractivity contribution in [1.82, 2.24) is 14.9 Å². The molecule has 0 bridgehead atoms. The van der Waals surface area contributed by atoms with Gasteiger partial charge in [-0.15, -0.1) is 11.3 Å². The minimum absolute atomic E-state index is 0.640. The normalized spacial score (nSPS) is 17.6. The summed E-state index contributed by atoms with van der Waals surface area (Å²) < 4.78 is 0. The van der Waals surface area contributed by atoms with E-state index in [9.17, 15) is 0 Å². The lowest BCUT2D eigenvalue weighted by Gasteiger charge is -2.33. The number of nitrogens with two attached hydrogens (primary N) is 1. The van der Waals surface area contributed by atoms with Gasteiger partial charge in [-0.3, -0.25) is 4.98 Å². The fourth-order valence-electron chi connectivity index (χ4n) is 3.30. The van der Waals surface area contributed by atoms with Crippen molar-refractivity contribution in [3.63, 3.8) is 0 Å². The van der Waals surface area contributed by atoms with E-state index in [0.29, 0.717) is 6.04 Å². The third kappa shape index (κ3) is 3.65. The van der Waals surface area contributed by atoms with Crippen molar-refractivity contribution >= 4 is 16.5 Å². The molecule has 0 aliphatic heterocycles. The molecule has 0 fully saturated rings. The zero-order chi connectivity index (χ0) is 15.4. The van der Waals surface area contributed by atoms with Gasteiger partial charge in [-0.05, 0) is 57.3 Å². The van der Waals surface area contributed by atoms with Gasteiger partial charge in [0.15, 0.2) is 5.13 Å². The summed E-state index contributed by atoms with van der Waals surface area (Å²) in [7, 11) is 0. The Bertz CT molecular complexity index is 596. The van der Waals surface area contributed by atoms with E-state index in [-0.39, 0.29) is 0 Å². The smallest absolute Gasteiger partial charge is 0.180 e. The Kier molecular flexibility index (Phi) is 5.05. The number of anilines is 1. The number of hydrogen-bond acceptors (Lipinski definition) is 5. The summed E-state index contributed by atoms with van der Waals surface area (Å²) >= 11 is 1.67. The van der Waals surface area contributed by atoms with Gasteiger partial charge < -0.3 is 10.6 Å². The lowest BCUT2D eigenvalue weighted by molar-refractivity contribution is 0.187. The molecule has 0 saturated carbocycles. The molecule has 0 aromatic carbocycles. The van der Waals surface area contributed by atoms with Crippen LogP contribution >= 0.6 is 11.3 Å². The maximum Gasteiger partial charge on any atom is 0.180 e.